The van der Waals surface area contributed by atoms with Crippen LogP contribution in [0.15, 0.2) is 0 Å². The number of nitrogens with two attached hydrogens (primary N) is 1. The van der Waals surface area contributed by atoms with Crippen molar-refractivity contribution in [1.29, 1.82) is 0 Å². The summed E-state index contributed by atoms with van der Waals surface area (Å²) in [4.78, 5) is 26.5. The van der Waals surface area contributed by atoms with Crippen LogP contribution in [0.3, 0.4) is 0 Å². The van der Waals surface area contributed by atoms with Crippen LogP contribution in [0.4, 0.5) is 0 Å². The first-order valence-corrected chi connectivity index (χ1v) is 5.90. The Labute approximate surface area is 103 Å². The van der Waals surface area contributed by atoms with Crippen molar-refractivity contribution in [3.8, 4) is 0 Å². The lowest BCUT2D eigenvalue weighted by molar-refractivity contribution is -0.132. The molecule has 0 aromatic heterocycles. The fourth-order valence-electron chi connectivity index (χ4n) is 1.40. The van der Waals surface area contributed by atoms with E-state index in [1.54, 1.807) is 4.90 Å². The van der Waals surface area contributed by atoms with Crippen LogP contribution in [0.5, 0.6) is 0 Å². The van der Waals surface area contributed by atoms with Crippen LogP contribution in [-0.2, 0) is 9.59 Å². The number of carbonyl (C=O) groups is 2. The molecule has 0 aliphatic heterocycles. The van der Waals surface area contributed by atoms with Crippen molar-refractivity contribution in [3.63, 3.8) is 0 Å². The van der Waals surface area contributed by atoms with Gasteiger partial charge in [-0.3, -0.25) is 9.59 Å². The Bertz CT molecular complexity index is 244. The minimum absolute atomic E-state index is 0.0336. The van der Waals surface area contributed by atoms with Crippen molar-refractivity contribution >= 4 is 11.8 Å². The molecule has 100 valence electrons. The summed E-state index contributed by atoms with van der Waals surface area (Å²) >= 11 is 0. The highest BCUT2D eigenvalue weighted by molar-refractivity contribution is 5.85. The minimum atomic E-state index is -0.303. The number of carbonyl (C=O) groups excluding carboxylic acids is 2. The van der Waals surface area contributed by atoms with E-state index in [0.29, 0.717) is 13.1 Å². The summed E-state index contributed by atoms with van der Waals surface area (Å²) in [6.45, 7) is 4.19. The van der Waals surface area contributed by atoms with E-state index < -0.39 is 0 Å². The molecule has 0 saturated carbocycles. The van der Waals surface area contributed by atoms with Crippen molar-refractivity contribution in [2.24, 2.45) is 5.73 Å². The maximum absolute atomic E-state index is 11.7. The topological polar surface area (TPSA) is 78.7 Å². The Hall–Kier alpha value is -1.14. The molecule has 6 nitrogen and oxygen atoms in total. The van der Waals surface area contributed by atoms with Gasteiger partial charge in [0.2, 0.25) is 11.8 Å². The second-order valence-electron chi connectivity index (χ2n) is 4.11. The third-order valence-electron chi connectivity index (χ3n) is 2.39. The molecule has 0 heterocycles. The van der Waals surface area contributed by atoms with Crippen molar-refractivity contribution in [2.75, 3.05) is 46.8 Å². The van der Waals surface area contributed by atoms with Crippen LogP contribution < -0.4 is 11.1 Å². The fourth-order valence-corrected chi connectivity index (χ4v) is 1.40. The summed E-state index contributed by atoms with van der Waals surface area (Å²) < 4.78 is 0. The van der Waals surface area contributed by atoms with Gasteiger partial charge in [0.15, 0.2) is 0 Å². The summed E-state index contributed by atoms with van der Waals surface area (Å²) in [5, 5.41) is 2.48. The van der Waals surface area contributed by atoms with Crippen molar-refractivity contribution in [1.82, 2.24) is 15.1 Å². The average Bonchev–Trinajstić information content (AvgIpc) is 2.30. The number of hydrogen-bond donors (Lipinski definition) is 2. The normalized spacial score (nSPS) is 10.4. The molecule has 0 spiro atoms. The van der Waals surface area contributed by atoms with Gasteiger partial charge < -0.3 is 20.9 Å². The monoisotopic (exact) mass is 244 g/mol. The Morgan fingerprint density at radius 1 is 1.24 bits per heavy atom. The van der Waals surface area contributed by atoms with E-state index in [1.165, 1.54) is 0 Å². The molecule has 0 rings (SSSR count). The second-order valence-corrected chi connectivity index (χ2v) is 4.11. The van der Waals surface area contributed by atoms with E-state index in [-0.39, 0.29) is 24.9 Å². The maximum Gasteiger partial charge on any atom is 0.241 e. The quantitative estimate of drug-likeness (QED) is 0.566. The van der Waals surface area contributed by atoms with Gasteiger partial charge in [-0.1, -0.05) is 0 Å². The highest BCUT2D eigenvalue weighted by atomic mass is 16.2. The zero-order valence-corrected chi connectivity index (χ0v) is 11.0. The molecule has 0 aliphatic rings. The van der Waals surface area contributed by atoms with Crippen molar-refractivity contribution in [3.05, 3.63) is 0 Å². The summed E-state index contributed by atoms with van der Waals surface area (Å²) in [6.07, 6.45) is 0.928. The molecule has 0 bridgehead atoms. The predicted molar refractivity (Wildman–Crippen MR) is 67.5 cm³/mol. The first-order valence-electron chi connectivity index (χ1n) is 5.90. The first kappa shape index (κ1) is 15.9. The van der Waals surface area contributed by atoms with Crippen molar-refractivity contribution in [2.45, 2.75) is 13.3 Å². The van der Waals surface area contributed by atoms with E-state index in [0.717, 1.165) is 13.0 Å². The standard InChI is InChI=1S/C11H24N4O2/c1-4-15(7-5-6-14(2)3)11(17)9-13-10(16)8-12/h4-9,12H2,1-3H3,(H,13,16). The first-order chi connectivity index (χ1) is 8.01. The minimum Gasteiger partial charge on any atom is -0.346 e. The third-order valence-corrected chi connectivity index (χ3v) is 2.39. The van der Waals surface area contributed by atoms with Gasteiger partial charge >= 0.3 is 0 Å². The molecule has 0 fully saturated rings. The summed E-state index contributed by atoms with van der Waals surface area (Å²) in [7, 11) is 4.00. The van der Waals surface area contributed by atoms with E-state index in [1.807, 2.05) is 21.0 Å². The van der Waals surface area contributed by atoms with Crippen LogP contribution in [0.2, 0.25) is 0 Å². The zero-order valence-electron chi connectivity index (χ0n) is 11.0. The van der Waals surface area contributed by atoms with Gasteiger partial charge in [0.05, 0.1) is 13.1 Å². The van der Waals surface area contributed by atoms with E-state index in [4.69, 9.17) is 5.73 Å². The molecule has 3 N–H and O–H groups in total. The maximum atomic E-state index is 11.7. The predicted octanol–water partition coefficient (Wildman–Crippen LogP) is -1.14. The van der Waals surface area contributed by atoms with Gasteiger partial charge in [0.1, 0.15) is 0 Å². The fraction of sp³-hybridized carbons (Fsp3) is 0.818. The Morgan fingerprint density at radius 2 is 1.88 bits per heavy atom. The SMILES string of the molecule is CCN(CCCN(C)C)C(=O)CNC(=O)CN. The molecular weight excluding hydrogens is 220 g/mol. The highest BCUT2D eigenvalue weighted by Crippen LogP contribution is 1.93. The molecule has 0 unspecified atom stereocenters. The van der Waals surface area contributed by atoms with Crippen LogP contribution in [0.1, 0.15) is 13.3 Å². The summed E-state index contributed by atoms with van der Waals surface area (Å²) in [6, 6.07) is 0. The molecule has 0 radical (unpaired) electrons. The lowest BCUT2D eigenvalue weighted by Gasteiger charge is -2.22. The summed E-state index contributed by atoms with van der Waals surface area (Å²) in [5.74, 6) is -0.365. The van der Waals surface area contributed by atoms with Gasteiger partial charge in [0, 0.05) is 13.1 Å². The lowest BCUT2D eigenvalue weighted by Crippen LogP contribution is -2.42. The summed E-state index contributed by atoms with van der Waals surface area (Å²) in [5.41, 5.74) is 5.14. The molecule has 0 atom stereocenters. The van der Waals surface area contributed by atoms with Crippen LogP contribution in [-0.4, -0.2) is 68.4 Å². The molecule has 0 aliphatic carbocycles. The molecule has 2 amide bonds. The van der Waals surface area contributed by atoms with Gasteiger partial charge in [-0.15, -0.1) is 0 Å². The Kier molecular flexibility index (Phi) is 8.35. The van der Waals surface area contributed by atoms with E-state index in [2.05, 4.69) is 10.2 Å². The van der Waals surface area contributed by atoms with Crippen LogP contribution in [0, 0.1) is 0 Å². The Morgan fingerprint density at radius 3 is 2.35 bits per heavy atom. The highest BCUT2D eigenvalue weighted by Gasteiger charge is 2.11. The second kappa shape index (κ2) is 8.95. The van der Waals surface area contributed by atoms with Gasteiger partial charge in [-0.05, 0) is 34.0 Å². The number of rotatable bonds is 8. The molecular formula is C11H24N4O2. The molecule has 6 heteroatoms. The van der Waals surface area contributed by atoms with Crippen molar-refractivity contribution < 1.29 is 9.59 Å². The number of nitrogens with one attached hydrogen (secondary N) is 1. The van der Waals surface area contributed by atoms with Crippen LogP contribution >= 0.6 is 0 Å². The average molecular weight is 244 g/mol. The van der Waals surface area contributed by atoms with Crippen LogP contribution in [0.25, 0.3) is 0 Å². The van der Waals surface area contributed by atoms with Gasteiger partial charge in [-0.2, -0.15) is 0 Å². The molecule has 0 saturated heterocycles. The largest absolute Gasteiger partial charge is 0.346 e. The van der Waals surface area contributed by atoms with Gasteiger partial charge in [0.25, 0.3) is 0 Å². The third kappa shape index (κ3) is 7.70. The van der Waals surface area contributed by atoms with Gasteiger partial charge in [-0.25, -0.2) is 0 Å². The smallest absolute Gasteiger partial charge is 0.241 e. The Balaban J connectivity index is 3.91. The number of hydrogen-bond acceptors (Lipinski definition) is 4. The molecule has 0 aromatic carbocycles. The van der Waals surface area contributed by atoms with E-state index in [9.17, 15) is 9.59 Å². The van der Waals surface area contributed by atoms with E-state index >= 15 is 0 Å². The number of likely N-dealkylation sites (N-methyl/N-ethyl adjacent to an activating group) is 1. The zero-order chi connectivity index (χ0) is 13.3. The number of nitrogens with zero attached hydrogens (tertiary/aromatic N) is 2. The number of amides is 2. The molecule has 0 aromatic rings. The molecule has 17 heavy (non-hydrogen) atoms. The lowest BCUT2D eigenvalue weighted by atomic mass is 10.3.